The van der Waals surface area contributed by atoms with Gasteiger partial charge < -0.3 is 0 Å². The highest BCUT2D eigenvalue weighted by molar-refractivity contribution is 7.25. The fourth-order valence-corrected chi connectivity index (χ4v) is 3.80. The highest BCUT2D eigenvalue weighted by atomic mass is 32.1. The first kappa shape index (κ1) is 14.0. The number of thiophene rings is 1. The van der Waals surface area contributed by atoms with Crippen molar-refractivity contribution in [2.75, 3.05) is 0 Å². The summed E-state index contributed by atoms with van der Waals surface area (Å²) in [6.07, 6.45) is 0. The highest BCUT2D eigenvalue weighted by Crippen LogP contribution is 2.31. The van der Waals surface area contributed by atoms with Crippen molar-refractivity contribution in [1.29, 1.82) is 0 Å². The number of rotatable bonds is 1. The van der Waals surface area contributed by atoms with E-state index in [1.165, 1.54) is 40.3 Å². The van der Waals surface area contributed by atoms with E-state index in [2.05, 4.69) is 15.3 Å². The second-order valence-corrected chi connectivity index (χ2v) is 6.32. The van der Waals surface area contributed by atoms with Crippen molar-refractivity contribution in [2.24, 2.45) is 0 Å². The fraction of sp³-hybridized carbons (Fsp3) is 0.125. The number of pyridine rings is 1. The SMILES string of the molecule is Cc1cc(C)c2c(n1)sc1c(=O)n(-c3ccc(F)cc3)nnc12. The van der Waals surface area contributed by atoms with Crippen LogP contribution in [0.5, 0.6) is 0 Å². The molecule has 4 aromatic rings. The molecule has 0 saturated heterocycles. The van der Waals surface area contributed by atoms with E-state index in [0.29, 0.717) is 15.9 Å². The summed E-state index contributed by atoms with van der Waals surface area (Å²) in [5, 5.41) is 9.08. The van der Waals surface area contributed by atoms with Crippen LogP contribution in [-0.2, 0) is 0 Å². The molecule has 1 aromatic carbocycles. The predicted molar refractivity (Wildman–Crippen MR) is 87.7 cm³/mol. The van der Waals surface area contributed by atoms with E-state index in [-0.39, 0.29) is 11.4 Å². The first-order valence-electron chi connectivity index (χ1n) is 6.97. The zero-order valence-electron chi connectivity index (χ0n) is 12.4. The lowest BCUT2D eigenvalue weighted by Gasteiger charge is -2.03. The Morgan fingerprint density at radius 1 is 1.17 bits per heavy atom. The number of nitrogens with zero attached hydrogens (tertiary/aromatic N) is 4. The molecule has 3 aromatic heterocycles. The maximum atomic E-state index is 13.0. The van der Waals surface area contributed by atoms with Crippen LogP contribution in [0.15, 0.2) is 35.1 Å². The highest BCUT2D eigenvalue weighted by Gasteiger charge is 2.16. The normalized spacial score (nSPS) is 11.4. The largest absolute Gasteiger partial charge is 0.292 e. The molecule has 4 rings (SSSR count). The summed E-state index contributed by atoms with van der Waals surface area (Å²) < 4.78 is 14.7. The third kappa shape index (κ3) is 2.12. The summed E-state index contributed by atoms with van der Waals surface area (Å²) in [4.78, 5) is 18.0. The third-order valence-corrected chi connectivity index (χ3v) is 4.71. The van der Waals surface area contributed by atoms with Crippen LogP contribution in [0.3, 0.4) is 0 Å². The fourth-order valence-electron chi connectivity index (χ4n) is 2.64. The Morgan fingerprint density at radius 2 is 1.91 bits per heavy atom. The zero-order chi connectivity index (χ0) is 16.1. The number of aryl methyl sites for hydroxylation is 2. The molecular weight excluding hydrogens is 315 g/mol. The molecule has 0 unspecified atom stereocenters. The standard InChI is InChI=1S/C16H11FN4OS/c1-8-7-9(2)18-15-12(8)13-14(23-15)16(22)21(20-19-13)11-5-3-10(17)4-6-11/h3-7H,1-2H3. The molecule has 0 aliphatic carbocycles. The topological polar surface area (TPSA) is 60.7 Å². The van der Waals surface area contributed by atoms with Gasteiger partial charge in [0.25, 0.3) is 5.56 Å². The van der Waals surface area contributed by atoms with Crippen molar-refractivity contribution >= 4 is 31.8 Å². The van der Waals surface area contributed by atoms with Crippen LogP contribution in [0.25, 0.3) is 26.1 Å². The molecule has 23 heavy (non-hydrogen) atoms. The minimum Gasteiger partial charge on any atom is -0.266 e. The summed E-state index contributed by atoms with van der Waals surface area (Å²) in [5.74, 6) is -0.368. The minimum absolute atomic E-state index is 0.276. The minimum atomic E-state index is -0.368. The van der Waals surface area contributed by atoms with E-state index >= 15 is 0 Å². The van der Waals surface area contributed by atoms with E-state index in [1.54, 1.807) is 0 Å². The Morgan fingerprint density at radius 3 is 2.65 bits per heavy atom. The number of hydrogen-bond donors (Lipinski definition) is 0. The van der Waals surface area contributed by atoms with Gasteiger partial charge in [0.15, 0.2) is 0 Å². The van der Waals surface area contributed by atoms with Crippen LogP contribution in [-0.4, -0.2) is 20.0 Å². The van der Waals surface area contributed by atoms with Crippen molar-refractivity contribution in [3.63, 3.8) is 0 Å². The van der Waals surface area contributed by atoms with Gasteiger partial charge >= 0.3 is 0 Å². The molecule has 0 fully saturated rings. The second kappa shape index (κ2) is 4.92. The molecule has 7 heteroatoms. The van der Waals surface area contributed by atoms with Crippen molar-refractivity contribution in [3.8, 4) is 5.69 Å². The predicted octanol–water partition coefficient (Wildman–Crippen LogP) is 3.15. The first-order chi connectivity index (χ1) is 11.0. The smallest absolute Gasteiger partial charge is 0.266 e. The molecule has 114 valence electrons. The molecule has 0 aliphatic heterocycles. The van der Waals surface area contributed by atoms with Crippen LogP contribution >= 0.6 is 11.3 Å². The van der Waals surface area contributed by atoms with Crippen LogP contribution in [0, 0.1) is 19.7 Å². The lowest BCUT2D eigenvalue weighted by molar-refractivity contribution is 0.626. The molecule has 5 nitrogen and oxygen atoms in total. The molecule has 0 aliphatic rings. The summed E-state index contributed by atoms with van der Waals surface area (Å²) in [7, 11) is 0. The van der Waals surface area contributed by atoms with E-state index in [0.717, 1.165) is 21.5 Å². The van der Waals surface area contributed by atoms with Crippen LogP contribution in [0.4, 0.5) is 4.39 Å². The van der Waals surface area contributed by atoms with Crippen LogP contribution in [0.1, 0.15) is 11.3 Å². The van der Waals surface area contributed by atoms with Crippen molar-refractivity contribution < 1.29 is 4.39 Å². The summed E-state index contributed by atoms with van der Waals surface area (Å²) in [6, 6.07) is 7.53. The van der Waals surface area contributed by atoms with Gasteiger partial charge in [0.05, 0.1) is 5.69 Å². The summed E-state index contributed by atoms with van der Waals surface area (Å²) in [5.41, 5.74) is 2.68. The van der Waals surface area contributed by atoms with Gasteiger partial charge in [-0.15, -0.1) is 16.4 Å². The molecular formula is C16H11FN4OS. The lowest BCUT2D eigenvalue weighted by Crippen LogP contribution is -2.21. The van der Waals surface area contributed by atoms with Crippen molar-refractivity contribution in [1.82, 2.24) is 20.0 Å². The average Bonchev–Trinajstić information content (AvgIpc) is 2.88. The van der Waals surface area contributed by atoms with Gasteiger partial charge in [-0.25, -0.2) is 9.37 Å². The van der Waals surface area contributed by atoms with Crippen molar-refractivity contribution in [3.05, 3.63) is 57.8 Å². The number of aromatic nitrogens is 4. The summed E-state index contributed by atoms with van der Waals surface area (Å²) >= 11 is 1.31. The quantitative estimate of drug-likeness (QED) is 0.539. The van der Waals surface area contributed by atoms with Crippen LogP contribution < -0.4 is 5.56 Å². The van der Waals surface area contributed by atoms with Crippen molar-refractivity contribution in [2.45, 2.75) is 13.8 Å². The van der Waals surface area contributed by atoms with E-state index in [1.807, 2.05) is 19.9 Å². The molecule has 0 N–H and O–H groups in total. The Balaban J connectivity index is 2.06. The van der Waals surface area contributed by atoms with E-state index in [4.69, 9.17) is 0 Å². The van der Waals surface area contributed by atoms with Gasteiger partial charge in [-0.05, 0) is 49.7 Å². The second-order valence-electron chi connectivity index (χ2n) is 5.32. The van der Waals surface area contributed by atoms with Gasteiger partial charge in [-0.1, -0.05) is 5.21 Å². The molecule has 3 heterocycles. The molecule has 0 radical (unpaired) electrons. The molecule has 0 amide bonds. The molecule has 0 spiro atoms. The number of fused-ring (bicyclic) bond motifs is 3. The Bertz CT molecular complexity index is 1120. The molecule has 0 bridgehead atoms. The Labute approximate surface area is 134 Å². The number of halogens is 1. The molecule has 0 saturated carbocycles. The van der Waals surface area contributed by atoms with Gasteiger partial charge in [0.2, 0.25) is 0 Å². The van der Waals surface area contributed by atoms with Gasteiger partial charge in [0, 0.05) is 11.1 Å². The number of hydrogen-bond acceptors (Lipinski definition) is 5. The summed E-state index contributed by atoms with van der Waals surface area (Å²) in [6.45, 7) is 3.88. The van der Waals surface area contributed by atoms with Gasteiger partial charge in [-0.3, -0.25) is 4.79 Å². The van der Waals surface area contributed by atoms with E-state index < -0.39 is 0 Å². The zero-order valence-corrected chi connectivity index (χ0v) is 13.2. The maximum Gasteiger partial charge on any atom is 0.292 e. The Kier molecular flexibility index (Phi) is 2.99. The number of benzene rings is 1. The van der Waals surface area contributed by atoms with Gasteiger partial charge in [-0.2, -0.15) is 4.68 Å². The Hall–Kier alpha value is -2.67. The lowest BCUT2D eigenvalue weighted by atomic mass is 10.1. The van der Waals surface area contributed by atoms with Crippen LogP contribution in [0.2, 0.25) is 0 Å². The third-order valence-electron chi connectivity index (χ3n) is 3.65. The molecule has 0 atom stereocenters. The monoisotopic (exact) mass is 326 g/mol. The average molecular weight is 326 g/mol. The van der Waals surface area contributed by atoms with E-state index in [9.17, 15) is 9.18 Å². The first-order valence-corrected chi connectivity index (χ1v) is 7.78. The maximum absolute atomic E-state index is 13.0. The van der Waals surface area contributed by atoms with Gasteiger partial charge in [0.1, 0.15) is 20.9 Å².